The maximum atomic E-state index is 12.4. The van der Waals surface area contributed by atoms with E-state index in [0.717, 1.165) is 33.7 Å². The molecule has 3 aromatic rings. The highest BCUT2D eigenvalue weighted by molar-refractivity contribution is 5.90. The van der Waals surface area contributed by atoms with Gasteiger partial charge >= 0.3 is 0 Å². The molecule has 0 fully saturated rings. The molecule has 0 spiro atoms. The van der Waals surface area contributed by atoms with E-state index in [9.17, 15) is 4.79 Å². The van der Waals surface area contributed by atoms with Crippen molar-refractivity contribution in [3.63, 3.8) is 0 Å². The van der Waals surface area contributed by atoms with Crippen LogP contribution in [-0.2, 0) is 17.9 Å². The van der Waals surface area contributed by atoms with Crippen LogP contribution >= 0.6 is 0 Å². The predicted octanol–water partition coefficient (Wildman–Crippen LogP) is 3.09. The minimum absolute atomic E-state index is 0.123. The summed E-state index contributed by atoms with van der Waals surface area (Å²) < 4.78 is 7.49. The second kappa shape index (κ2) is 6.05. The number of aryl methyl sites for hydroxylation is 2. The summed E-state index contributed by atoms with van der Waals surface area (Å²) in [6.07, 6.45) is 3.49. The average Bonchev–Trinajstić information content (AvgIpc) is 3.00. The van der Waals surface area contributed by atoms with Crippen LogP contribution < -0.4 is 10.1 Å². The Morgan fingerprint density at radius 3 is 2.84 bits per heavy atom. The van der Waals surface area contributed by atoms with Crippen LogP contribution in [0.2, 0.25) is 0 Å². The quantitative estimate of drug-likeness (QED) is 0.799. The lowest BCUT2D eigenvalue weighted by molar-refractivity contribution is -0.116. The van der Waals surface area contributed by atoms with Crippen molar-refractivity contribution in [2.45, 2.75) is 27.0 Å². The number of hydrogen-bond acceptors (Lipinski definition) is 4. The van der Waals surface area contributed by atoms with Gasteiger partial charge in [0.2, 0.25) is 5.91 Å². The number of carbonyl (C=O) groups is 1. The van der Waals surface area contributed by atoms with E-state index in [0.29, 0.717) is 12.4 Å². The molecule has 1 aliphatic rings. The molecule has 1 aromatic carbocycles. The number of amides is 1. The maximum Gasteiger partial charge on any atom is 0.247 e. The Morgan fingerprint density at radius 1 is 1.20 bits per heavy atom. The molecule has 0 atom stereocenters. The van der Waals surface area contributed by atoms with Gasteiger partial charge in [0.1, 0.15) is 24.7 Å². The van der Waals surface area contributed by atoms with Crippen LogP contribution in [0.4, 0.5) is 5.82 Å². The average molecular weight is 334 g/mol. The Hall–Kier alpha value is -3.15. The van der Waals surface area contributed by atoms with Crippen molar-refractivity contribution >= 4 is 11.7 Å². The zero-order valence-corrected chi connectivity index (χ0v) is 14.1. The molecule has 0 bridgehead atoms. The Kier molecular flexibility index (Phi) is 3.72. The van der Waals surface area contributed by atoms with Crippen molar-refractivity contribution in [2.24, 2.45) is 0 Å². The molecule has 0 aliphatic carbocycles. The van der Waals surface area contributed by atoms with E-state index in [1.165, 1.54) is 0 Å². The van der Waals surface area contributed by atoms with Crippen molar-refractivity contribution in [3.8, 4) is 17.0 Å². The van der Waals surface area contributed by atoms with Crippen LogP contribution in [0.25, 0.3) is 11.3 Å². The first kappa shape index (κ1) is 15.4. The summed E-state index contributed by atoms with van der Waals surface area (Å²) in [5.74, 6) is 1.19. The predicted molar refractivity (Wildman–Crippen MR) is 94.3 cm³/mol. The number of carbonyl (C=O) groups excluding carboxylic acids is 1. The number of rotatable bonds is 3. The second-order valence-corrected chi connectivity index (χ2v) is 6.23. The van der Waals surface area contributed by atoms with Gasteiger partial charge in [0.05, 0.1) is 11.9 Å². The third-order valence-electron chi connectivity index (χ3n) is 4.16. The molecule has 0 unspecified atom stereocenters. The third-order valence-corrected chi connectivity index (χ3v) is 4.16. The summed E-state index contributed by atoms with van der Waals surface area (Å²) in [5.41, 5.74) is 5.08. The molecule has 126 valence electrons. The van der Waals surface area contributed by atoms with Gasteiger partial charge in [-0.05, 0) is 37.6 Å². The first-order valence-electron chi connectivity index (χ1n) is 8.11. The summed E-state index contributed by atoms with van der Waals surface area (Å²) in [6, 6.07) is 9.74. The monoisotopic (exact) mass is 334 g/mol. The highest BCUT2D eigenvalue weighted by Crippen LogP contribution is 2.37. The molecule has 2 aromatic heterocycles. The minimum atomic E-state index is -0.164. The fraction of sp³-hybridized carbons (Fsp3) is 0.211. The van der Waals surface area contributed by atoms with Gasteiger partial charge in [0.15, 0.2) is 0 Å². The number of anilines is 1. The summed E-state index contributed by atoms with van der Waals surface area (Å²) in [4.78, 5) is 16.6. The fourth-order valence-corrected chi connectivity index (χ4v) is 2.93. The topological polar surface area (TPSA) is 69.0 Å². The molecule has 0 radical (unpaired) electrons. The van der Waals surface area contributed by atoms with E-state index in [4.69, 9.17) is 4.74 Å². The van der Waals surface area contributed by atoms with Gasteiger partial charge in [-0.1, -0.05) is 17.7 Å². The molecule has 0 saturated heterocycles. The van der Waals surface area contributed by atoms with Gasteiger partial charge in [-0.15, -0.1) is 0 Å². The Balaban J connectivity index is 1.60. The van der Waals surface area contributed by atoms with Crippen LogP contribution in [-0.4, -0.2) is 20.7 Å². The molecular weight excluding hydrogens is 316 g/mol. The zero-order chi connectivity index (χ0) is 17.4. The summed E-state index contributed by atoms with van der Waals surface area (Å²) in [6.45, 7) is 4.58. The van der Waals surface area contributed by atoms with Crippen LogP contribution in [0.1, 0.15) is 16.7 Å². The second-order valence-electron chi connectivity index (χ2n) is 6.23. The molecule has 6 nitrogen and oxygen atoms in total. The molecule has 1 aliphatic heterocycles. The van der Waals surface area contributed by atoms with Gasteiger partial charge < -0.3 is 10.1 Å². The minimum Gasteiger partial charge on any atom is -0.488 e. The number of hydrogen-bond donors (Lipinski definition) is 1. The van der Waals surface area contributed by atoms with Crippen LogP contribution in [0, 0.1) is 13.8 Å². The van der Waals surface area contributed by atoms with Crippen molar-refractivity contribution in [1.29, 1.82) is 0 Å². The van der Waals surface area contributed by atoms with Crippen molar-refractivity contribution in [3.05, 3.63) is 59.4 Å². The number of ether oxygens (including phenoxy) is 1. The highest BCUT2D eigenvalue weighted by atomic mass is 16.5. The Morgan fingerprint density at radius 2 is 2.04 bits per heavy atom. The number of nitrogens with zero attached hydrogens (tertiary/aromatic N) is 3. The molecular formula is C19H18N4O2. The van der Waals surface area contributed by atoms with E-state index in [1.807, 2.05) is 32.0 Å². The Bertz CT molecular complexity index is 945. The lowest BCUT2D eigenvalue weighted by Crippen LogP contribution is -2.21. The SMILES string of the molecule is Cc1ccc(NC(=O)Cn2ncc3c2-c2cc(C)ccc2OC3)nc1. The Labute approximate surface area is 145 Å². The summed E-state index contributed by atoms with van der Waals surface area (Å²) in [5, 5.41) is 7.18. The van der Waals surface area contributed by atoms with Gasteiger partial charge in [0.25, 0.3) is 0 Å². The smallest absolute Gasteiger partial charge is 0.247 e. The lowest BCUT2D eigenvalue weighted by atomic mass is 10.0. The van der Waals surface area contributed by atoms with Gasteiger partial charge in [-0.3, -0.25) is 9.48 Å². The molecule has 4 rings (SSSR count). The number of nitrogens with one attached hydrogen (secondary N) is 1. The number of benzene rings is 1. The van der Waals surface area contributed by atoms with Crippen molar-refractivity contribution in [1.82, 2.24) is 14.8 Å². The van der Waals surface area contributed by atoms with Gasteiger partial charge in [0, 0.05) is 17.3 Å². The largest absolute Gasteiger partial charge is 0.488 e. The summed E-state index contributed by atoms with van der Waals surface area (Å²) in [7, 11) is 0. The fourth-order valence-electron chi connectivity index (χ4n) is 2.93. The van der Waals surface area contributed by atoms with Crippen LogP contribution in [0.5, 0.6) is 5.75 Å². The molecule has 6 heteroatoms. The molecule has 1 N–H and O–H groups in total. The first-order chi connectivity index (χ1) is 12.1. The van der Waals surface area contributed by atoms with Crippen LogP contribution in [0.15, 0.2) is 42.7 Å². The number of pyridine rings is 1. The highest BCUT2D eigenvalue weighted by Gasteiger charge is 2.23. The zero-order valence-electron chi connectivity index (χ0n) is 14.1. The van der Waals surface area contributed by atoms with E-state index < -0.39 is 0 Å². The normalized spacial score (nSPS) is 12.1. The maximum absolute atomic E-state index is 12.4. The summed E-state index contributed by atoms with van der Waals surface area (Å²) >= 11 is 0. The van der Waals surface area contributed by atoms with Crippen molar-refractivity contribution in [2.75, 3.05) is 5.32 Å². The van der Waals surface area contributed by atoms with E-state index in [2.05, 4.69) is 21.5 Å². The van der Waals surface area contributed by atoms with E-state index in [-0.39, 0.29) is 12.5 Å². The number of fused-ring (bicyclic) bond motifs is 3. The third kappa shape index (κ3) is 2.98. The van der Waals surface area contributed by atoms with Gasteiger partial charge in [-0.25, -0.2) is 4.98 Å². The van der Waals surface area contributed by atoms with Crippen LogP contribution in [0.3, 0.4) is 0 Å². The van der Waals surface area contributed by atoms with E-state index in [1.54, 1.807) is 23.1 Å². The number of aromatic nitrogens is 3. The standard InChI is InChI=1S/C19H18N4O2/c1-12-3-5-16-15(7-12)19-14(11-25-16)9-21-23(19)10-18(24)22-17-6-4-13(2)8-20-17/h3-9H,10-11H2,1-2H3,(H,20,22,24). The first-order valence-corrected chi connectivity index (χ1v) is 8.11. The molecule has 25 heavy (non-hydrogen) atoms. The molecule has 0 saturated carbocycles. The molecule has 3 heterocycles. The van der Waals surface area contributed by atoms with Crippen molar-refractivity contribution < 1.29 is 9.53 Å². The lowest BCUT2D eigenvalue weighted by Gasteiger charge is -2.19. The van der Waals surface area contributed by atoms with E-state index >= 15 is 0 Å². The molecule has 1 amide bonds. The van der Waals surface area contributed by atoms with Gasteiger partial charge in [-0.2, -0.15) is 5.10 Å².